The van der Waals surface area contributed by atoms with Crippen molar-refractivity contribution in [3.8, 4) is 0 Å². The number of carboxylic acid groups (broad SMARTS) is 1. The molecular formula is C9H9F2NO2. The van der Waals surface area contributed by atoms with Crippen LogP contribution in [0.3, 0.4) is 0 Å². The number of carbonyl (C=O) groups is 1. The summed E-state index contributed by atoms with van der Waals surface area (Å²) >= 11 is 0. The van der Waals surface area contributed by atoms with Gasteiger partial charge in [-0.05, 0) is 19.1 Å². The Hall–Kier alpha value is -1.65. The number of nitrogens with one attached hydrogen (secondary N) is 1. The molecule has 0 heterocycles. The molecule has 0 radical (unpaired) electrons. The Bertz CT molecular complexity index is 334. The number of benzene rings is 1. The molecule has 0 aliphatic heterocycles. The maximum Gasteiger partial charge on any atom is 0.325 e. The van der Waals surface area contributed by atoms with Crippen LogP contribution >= 0.6 is 0 Å². The van der Waals surface area contributed by atoms with Gasteiger partial charge in [-0.3, -0.25) is 4.79 Å². The molecule has 0 unspecified atom stereocenters. The van der Waals surface area contributed by atoms with Gasteiger partial charge in [0, 0.05) is 0 Å². The lowest BCUT2D eigenvalue weighted by Gasteiger charge is -2.11. The largest absolute Gasteiger partial charge is 0.480 e. The van der Waals surface area contributed by atoms with Crippen molar-refractivity contribution in [1.82, 2.24) is 0 Å². The number of hydrogen-bond donors (Lipinski definition) is 2. The van der Waals surface area contributed by atoms with E-state index in [1.54, 1.807) is 0 Å². The Kier molecular flexibility index (Phi) is 3.01. The zero-order valence-corrected chi connectivity index (χ0v) is 7.42. The molecule has 0 aliphatic carbocycles. The second-order valence-electron chi connectivity index (χ2n) is 2.80. The van der Waals surface area contributed by atoms with Gasteiger partial charge in [0.15, 0.2) is 0 Å². The third kappa shape index (κ3) is 2.18. The van der Waals surface area contributed by atoms with E-state index in [2.05, 4.69) is 5.32 Å². The van der Waals surface area contributed by atoms with E-state index in [0.717, 1.165) is 12.1 Å². The van der Waals surface area contributed by atoms with E-state index in [0.29, 0.717) is 0 Å². The molecular weight excluding hydrogens is 192 g/mol. The number of anilines is 1. The quantitative estimate of drug-likeness (QED) is 0.784. The van der Waals surface area contributed by atoms with Crippen LogP contribution in [-0.4, -0.2) is 17.1 Å². The van der Waals surface area contributed by atoms with E-state index >= 15 is 0 Å². The van der Waals surface area contributed by atoms with Gasteiger partial charge in [-0.2, -0.15) is 0 Å². The summed E-state index contributed by atoms with van der Waals surface area (Å²) in [6.07, 6.45) is 0. The number of halogens is 2. The minimum absolute atomic E-state index is 0.414. The molecule has 0 bridgehead atoms. The number of carboxylic acids is 1. The lowest BCUT2D eigenvalue weighted by molar-refractivity contribution is -0.137. The first kappa shape index (κ1) is 10.4. The van der Waals surface area contributed by atoms with E-state index in [9.17, 15) is 13.6 Å². The van der Waals surface area contributed by atoms with Crippen LogP contribution in [0.2, 0.25) is 0 Å². The van der Waals surface area contributed by atoms with Gasteiger partial charge in [-0.1, -0.05) is 6.07 Å². The highest BCUT2D eigenvalue weighted by molar-refractivity contribution is 5.76. The summed E-state index contributed by atoms with van der Waals surface area (Å²) in [6, 6.07) is 2.28. The van der Waals surface area contributed by atoms with Crippen molar-refractivity contribution in [3.63, 3.8) is 0 Å². The molecule has 1 aromatic carbocycles. The lowest BCUT2D eigenvalue weighted by atomic mass is 10.2. The average molecular weight is 201 g/mol. The number of aliphatic carboxylic acids is 1. The number of hydrogen-bond acceptors (Lipinski definition) is 2. The summed E-state index contributed by atoms with van der Waals surface area (Å²) in [5, 5.41) is 10.7. The molecule has 76 valence electrons. The molecule has 14 heavy (non-hydrogen) atoms. The molecule has 1 atom stereocenters. The summed E-state index contributed by atoms with van der Waals surface area (Å²) in [5.41, 5.74) is -0.414. The molecule has 0 aromatic heterocycles. The van der Waals surface area contributed by atoms with Gasteiger partial charge >= 0.3 is 5.97 Å². The highest BCUT2D eigenvalue weighted by atomic mass is 19.1. The number of rotatable bonds is 3. The summed E-state index contributed by atoms with van der Waals surface area (Å²) in [6.45, 7) is 1.30. The SMILES string of the molecule is C[C@@H](Nc1c(F)cccc1F)C(=O)O. The zero-order valence-electron chi connectivity index (χ0n) is 7.42. The van der Waals surface area contributed by atoms with Crippen molar-refractivity contribution >= 4 is 11.7 Å². The van der Waals surface area contributed by atoms with Crippen molar-refractivity contribution in [1.29, 1.82) is 0 Å². The molecule has 0 fully saturated rings. The Labute approximate surface area is 79.4 Å². The zero-order chi connectivity index (χ0) is 10.7. The minimum Gasteiger partial charge on any atom is -0.480 e. The fourth-order valence-electron chi connectivity index (χ4n) is 0.914. The van der Waals surface area contributed by atoms with Crippen LogP contribution in [0.4, 0.5) is 14.5 Å². The van der Waals surface area contributed by atoms with Crippen LogP contribution in [-0.2, 0) is 4.79 Å². The van der Waals surface area contributed by atoms with Gasteiger partial charge in [-0.15, -0.1) is 0 Å². The van der Waals surface area contributed by atoms with Crippen LogP contribution in [0.5, 0.6) is 0 Å². The Morgan fingerprint density at radius 3 is 2.36 bits per heavy atom. The molecule has 2 N–H and O–H groups in total. The van der Waals surface area contributed by atoms with Gasteiger partial charge in [-0.25, -0.2) is 8.78 Å². The standard InChI is InChI=1S/C9H9F2NO2/c1-5(9(13)14)12-8-6(10)3-2-4-7(8)11/h2-5,12H,1H3,(H,13,14)/t5-/m1/s1. The first-order valence-electron chi connectivity index (χ1n) is 3.95. The molecule has 1 rings (SSSR count). The summed E-state index contributed by atoms with van der Waals surface area (Å²) < 4.78 is 26.0. The highest BCUT2D eigenvalue weighted by Gasteiger charge is 2.15. The molecule has 3 nitrogen and oxygen atoms in total. The van der Waals surface area contributed by atoms with Crippen LogP contribution in [0.15, 0.2) is 18.2 Å². The fourth-order valence-corrected chi connectivity index (χ4v) is 0.914. The van der Waals surface area contributed by atoms with Crippen LogP contribution in [0.1, 0.15) is 6.92 Å². The first-order valence-corrected chi connectivity index (χ1v) is 3.95. The Balaban J connectivity index is 2.91. The van der Waals surface area contributed by atoms with Crippen molar-refractivity contribution < 1.29 is 18.7 Å². The van der Waals surface area contributed by atoms with Crippen molar-refractivity contribution in [2.24, 2.45) is 0 Å². The topological polar surface area (TPSA) is 49.3 Å². The van der Waals surface area contributed by atoms with Gasteiger partial charge < -0.3 is 10.4 Å². The van der Waals surface area contributed by atoms with Gasteiger partial charge in [0.25, 0.3) is 0 Å². The van der Waals surface area contributed by atoms with Crippen LogP contribution in [0.25, 0.3) is 0 Å². The summed E-state index contributed by atoms with van der Waals surface area (Å²) in [7, 11) is 0. The molecule has 0 saturated carbocycles. The predicted octanol–water partition coefficient (Wildman–Crippen LogP) is 1.85. The first-order chi connectivity index (χ1) is 6.52. The van der Waals surface area contributed by atoms with Crippen molar-refractivity contribution in [3.05, 3.63) is 29.8 Å². The molecule has 0 spiro atoms. The maximum atomic E-state index is 13.0. The molecule has 5 heteroatoms. The monoisotopic (exact) mass is 201 g/mol. The normalized spacial score (nSPS) is 12.2. The van der Waals surface area contributed by atoms with Gasteiger partial charge in [0.2, 0.25) is 0 Å². The summed E-state index contributed by atoms with van der Waals surface area (Å²) in [4.78, 5) is 10.4. The van der Waals surface area contributed by atoms with E-state index in [-0.39, 0.29) is 0 Å². The predicted molar refractivity (Wildman–Crippen MR) is 47.1 cm³/mol. The van der Waals surface area contributed by atoms with Crippen LogP contribution in [0, 0.1) is 11.6 Å². The fraction of sp³-hybridized carbons (Fsp3) is 0.222. The Morgan fingerprint density at radius 1 is 1.43 bits per heavy atom. The smallest absolute Gasteiger partial charge is 0.325 e. The summed E-state index contributed by atoms with van der Waals surface area (Å²) in [5.74, 6) is -2.79. The second-order valence-corrected chi connectivity index (χ2v) is 2.80. The molecule has 0 aliphatic rings. The van der Waals surface area contributed by atoms with Gasteiger partial charge in [0.05, 0.1) is 0 Å². The van der Waals surface area contributed by atoms with Crippen LogP contribution < -0.4 is 5.32 Å². The third-order valence-electron chi connectivity index (χ3n) is 1.69. The lowest BCUT2D eigenvalue weighted by Crippen LogP contribution is -2.26. The van der Waals surface area contributed by atoms with E-state index < -0.39 is 29.3 Å². The average Bonchev–Trinajstić information content (AvgIpc) is 2.11. The molecule has 0 saturated heterocycles. The van der Waals surface area contributed by atoms with Crippen molar-refractivity contribution in [2.75, 3.05) is 5.32 Å². The molecule has 1 aromatic rings. The molecule has 0 amide bonds. The minimum atomic E-state index is -1.17. The van der Waals surface area contributed by atoms with Crippen molar-refractivity contribution in [2.45, 2.75) is 13.0 Å². The van der Waals surface area contributed by atoms with Gasteiger partial charge in [0.1, 0.15) is 23.4 Å². The van der Waals surface area contributed by atoms with E-state index in [4.69, 9.17) is 5.11 Å². The third-order valence-corrected chi connectivity index (χ3v) is 1.69. The second kappa shape index (κ2) is 4.04. The Morgan fingerprint density at radius 2 is 1.93 bits per heavy atom. The number of para-hydroxylation sites is 1. The highest BCUT2D eigenvalue weighted by Crippen LogP contribution is 2.18. The maximum absolute atomic E-state index is 13.0. The van der Waals surface area contributed by atoms with E-state index in [1.165, 1.54) is 13.0 Å². The van der Waals surface area contributed by atoms with E-state index in [1.807, 2.05) is 0 Å².